The minimum atomic E-state index is -0.704. The Balaban J connectivity index is 1.95. The molecule has 0 bridgehead atoms. The summed E-state index contributed by atoms with van der Waals surface area (Å²) in [5.74, 6) is -0.210. The average Bonchev–Trinajstić information content (AvgIpc) is 2.81. The van der Waals surface area contributed by atoms with E-state index in [-0.39, 0.29) is 23.1 Å². The number of aryl methyl sites for hydroxylation is 1. The molecule has 2 heterocycles. The number of alkyl carbamates (subject to hydrolysis) is 1. The fourth-order valence-corrected chi connectivity index (χ4v) is 3.90. The van der Waals surface area contributed by atoms with Gasteiger partial charge < -0.3 is 25.0 Å². The van der Waals surface area contributed by atoms with Gasteiger partial charge in [-0.25, -0.2) is 14.6 Å². The molecule has 0 radical (unpaired) electrons. The smallest absolute Gasteiger partial charge is 0.407 e. The SMILES string of the molecule is COC(=O)c1c(C#N)nc(N2CCCCC2CNC(=O)OC(C)(C)C)nc1Nc1cccc(C)c1. The van der Waals surface area contributed by atoms with Crippen molar-refractivity contribution in [3.8, 4) is 6.07 Å². The minimum Gasteiger partial charge on any atom is -0.465 e. The van der Waals surface area contributed by atoms with Crippen LogP contribution in [0.5, 0.6) is 0 Å². The summed E-state index contributed by atoms with van der Waals surface area (Å²) in [5.41, 5.74) is 1.03. The molecule has 1 amide bonds. The maximum absolute atomic E-state index is 12.5. The lowest BCUT2D eigenvalue weighted by atomic mass is 10.0. The van der Waals surface area contributed by atoms with E-state index >= 15 is 0 Å². The molecule has 186 valence electrons. The van der Waals surface area contributed by atoms with Crippen molar-refractivity contribution in [3.05, 3.63) is 41.1 Å². The third kappa shape index (κ3) is 6.82. The summed E-state index contributed by atoms with van der Waals surface area (Å²) in [5, 5.41) is 15.8. The van der Waals surface area contributed by atoms with Gasteiger partial charge in [0.25, 0.3) is 0 Å². The fraction of sp³-hybridized carbons (Fsp3) is 0.480. The molecule has 2 N–H and O–H groups in total. The number of hydrogen-bond donors (Lipinski definition) is 2. The summed E-state index contributed by atoms with van der Waals surface area (Å²) >= 11 is 0. The third-order valence-electron chi connectivity index (χ3n) is 5.44. The summed E-state index contributed by atoms with van der Waals surface area (Å²) < 4.78 is 10.3. The highest BCUT2D eigenvalue weighted by Crippen LogP contribution is 2.28. The molecule has 1 aromatic carbocycles. The van der Waals surface area contributed by atoms with E-state index in [9.17, 15) is 14.9 Å². The van der Waals surface area contributed by atoms with Gasteiger partial charge in [-0.2, -0.15) is 10.2 Å². The van der Waals surface area contributed by atoms with Crippen LogP contribution < -0.4 is 15.5 Å². The standard InChI is InChI=1S/C25H32N6O4/c1-16-9-8-10-17(13-16)28-21-20(22(32)34-5)19(14-26)29-23(30-21)31-12-7-6-11-18(31)15-27-24(33)35-25(2,3)4/h8-10,13,18H,6-7,11-12,15H2,1-5H3,(H,27,33)(H,28,29,30). The molecular weight excluding hydrogens is 448 g/mol. The van der Waals surface area contributed by atoms with Crippen molar-refractivity contribution < 1.29 is 19.1 Å². The van der Waals surface area contributed by atoms with E-state index in [1.54, 1.807) is 0 Å². The second-order valence-corrected chi connectivity index (χ2v) is 9.42. The van der Waals surface area contributed by atoms with Gasteiger partial charge in [-0.15, -0.1) is 0 Å². The number of nitriles is 1. The van der Waals surface area contributed by atoms with Gasteiger partial charge in [0.1, 0.15) is 17.2 Å². The van der Waals surface area contributed by atoms with Crippen LogP contribution in [0.25, 0.3) is 0 Å². The molecule has 0 saturated carbocycles. The van der Waals surface area contributed by atoms with E-state index < -0.39 is 17.7 Å². The fourth-order valence-electron chi connectivity index (χ4n) is 3.90. The predicted molar refractivity (Wildman–Crippen MR) is 132 cm³/mol. The van der Waals surface area contributed by atoms with Crippen LogP contribution in [0.4, 0.5) is 22.2 Å². The van der Waals surface area contributed by atoms with Gasteiger partial charge in [-0.3, -0.25) is 0 Å². The molecule has 1 atom stereocenters. The zero-order valence-electron chi connectivity index (χ0n) is 20.8. The summed E-state index contributed by atoms with van der Waals surface area (Å²) in [6.45, 7) is 8.36. The van der Waals surface area contributed by atoms with Crippen LogP contribution in [0.15, 0.2) is 24.3 Å². The molecule has 0 aliphatic carbocycles. The number of piperidine rings is 1. The topological polar surface area (TPSA) is 129 Å². The number of amides is 1. The van der Waals surface area contributed by atoms with Gasteiger partial charge >= 0.3 is 12.1 Å². The molecule has 10 nitrogen and oxygen atoms in total. The first kappa shape index (κ1) is 25.7. The Hall–Kier alpha value is -3.87. The van der Waals surface area contributed by atoms with Gasteiger partial charge in [0, 0.05) is 24.8 Å². The number of carbonyl (C=O) groups is 2. The van der Waals surface area contributed by atoms with Crippen LogP contribution in [0.1, 0.15) is 61.6 Å². The molecule has 3 rings (SSSR count). The van der Waals surface area contributed by atoms with E-state index in [2.05, 4.69) is 20.6 Å². The first-order chi connectivity index (χ1) is 16.6. The first-order valence-corrected chi connectivity index (χ1v) is 11.6. The summed E-state index contributed by atoms with van der Waals surface area (Å²) in [6.07, 6.45) is 2.20. The normalized spacial score (nSPS) is 15.7. The van der Waals surface area contributed by atoms with Crippen molar-refractivity contribution in [2.45, 2.75) is 58.6 Å². The molecule has 2 aromatic rings. The monoisotopic (exact) mass is 480 g/mol. The zero-order chi connectivity index (χ0) is 25.6. The number of aromatic nitrogens is 2. The van der Waals surface area contributed by atoms with E-state index in [1.165, 1.54) is 7.11 Å². The summed E-state index contributed by atoms with van der Waals surface area (Å²) in [4.78, 5) is 35.8. The van der Waals surface area contributed by atoms with Gasteiger partial charge in [-0.1, -0.05) is 12.1 Å². The highest BCUT2D eigenvalue weighted by atomic mass is 16.6. The average molecular weight is 481 g/mol. The lowest BCUT2D eigenvalue weighted by molar-refractivity contribution is 0.0521. The van der Waals surface area contributed by atoms with Crippen LogP contribution in [0.2, 0.25) is 0 Å². The molecular formula is C25H32N6O4. The second kappa shape index (κ2) is 11.0. The van der Waals surface area contributed by atoms with Crippen molar-refractivity contribution in [2.24, 2.45) is 0 Å². The Morgan fingerprint density at radius 1 is 1.26 bits per heavy atom. The van der Waals surface area contributed by atoms with Crippen molar-refractivity contribution in [2.75, 3.05) is 30.4 Å². The van der Waals surface area contributed by atoms with Gasteiger partial charge in [0.2, 0.25) is 5.95 Å². The lowest BCUT2D eigenvalue weighted by Gasteiger charge is -2.36. The Kier molecular flexibility index (Phi) is 8.12. The molecule has 1 aliphatic heterocycles. The van der Waals surface area contributed by atoms with Crippen LogP contribution in [-0.4, -0.2) is 53.9 Å². The van der Waals surface area contributed by atoms with Crippen LogP contribution in [-0.2, 0) is 9.47 Å². The number of methoxy groups -OCH3 is 1. The van der Waals surface area contributed by atoms with Gasteiger partial charge in [0.15, 0.2) is 11.5 Å². The van der Waals surface area contributed by atoms with Crippen LogP contribution in [0.3, 0.4) is 0 Å². The molecule has 35 heavy (non-hydrogen) atoms. The molecule has 10 heteroatoms. The second-order valence-electron chi connectivity index (χ2n) is 9.42. The van der Waals surface area contributed by atoms with Crippen LogP contribution >= 0.6 is 0 Å². The minimum absolute atomic E-state index is 0.0271. The number of carbonyl (C=O) groups excluding carboxylic acids is 2. The molecule has 1 aliphatic rings. The first-order valence-electron chi connectivity index (χ1n) is 11.6. The number of ether oxygens (including phenoxy) is 2. The molecule has 1 saturated heterocycles. The van der Waals surface area contributed by atoms with Gasteiger partial charge in [-0.05, 0) is 64.7 Å². The number of nitrogens with one attached hydrogen (secondary N) is 2. The van der Waals surface area contributed by atoms with Crippen molar-refractivity contribution in [1.82, 2.24) is 15.3 Å². The quantitative estimate of drug-likeness (QED) is 0.588. The zero-order valence-corrected chi connectivity index (χ0v) is 20.8. The maximum Gasteiger partial charge on any atom is 0.407 e. The number of hydrogen-bond acceptors (Lipinski definition) is 9. The molecule has 1 unspecified atom stereocenters. The summed E-state index contributed by atoms with van der Waals surface area (Å²) in [6, 6.07) is 9.50. The summed E-state index contributed by atoms with van der Waals surface area (Å²) in [7, 11) is 1.25. The largest absolute Gasteiger partial charge is 0.465 e. The number of nitrogens with zero attached hydrogens (tertiary/aromatic N) is 4. The highest BCUT2D eigenvalue weighted by molar-refractivity contribution is 5.97. The Morgan fingerprint density at radius 3 is 2.69 bits per heavy atom. The van der Waals surface area contributed by atoms with E-state index in [1.807, 2.05) is 62.9 Å². The highest BCUT2D eigenvalue weighted by Gasteiger charge is 2.29. The van der Waals surface area contributed by atoms with E-state index in [0.717, 1.165) is 24.8 Å². The van der Waals surface area contributed by atoms with Crippen molar-refractivity contribution in [3.63, 3.8) is 0 Å². The Morgan fingerprint density at radius 2 is 2.03 bits per heavy atom. The van der Waals surface area contributed by atoms with E-state index in [0.29, 0.717) is 24.7 Å². The number of rotatable bonds is 6. The number of esters is 1. The molecule has 0 spiro atoms. The molecule has 1 fully saturated rings. The lowest BCUT2D eigenvalue weighted by Crippen LogP contribution is -2.48. The van der Waals surface area contributed by atoms with Crippen LogP contribution in [0, 0.1) is 18.3 Å². The Labute approximate surface area is 205 Å². The Bertz CT molecular complexity index is 1120. The number of anilines is 3. The number of benzene rings is 1. The van der Waals surface area contributed by atoms with E-state index in [4.69, 9.17) is 9.47 Å². The van der Waals surface area contributed by atoms with Crippen molar-refractivity contribution >= 4 is 29.5 Å². The third-order valence-corrected chi connectivity index (χ3v) is 5.44. The van der Waals surface area contributed by atoms with Gasteiger partial charge in [0.05, 0.1) is 7.11 Å². The maximum atomic E-state index is 12.5. The predicted octanol–water partition coefficient (Wildman–Crippen LogP) is 4.07. The van der Waals surface area contributed by atoms with Crippen molar-refractivity contribution in [1.29, 1.82) is 5.26 Å². The molecule has 1 aromatic heterocycles.